The summed E-state index contributed by atoms with van der Waals surface area (Å²) in [5.74, 6) is 0.793. The van der Waals surface area contributed by atoms with E-state index in [0.29, 0.717) is 29.2 Å². The van der Waals surface area contributed by atoms with Gasteiger partial charge in [-0.15, -0.1) is 0 Å². The number of nitrogens with zero attached hydrogens (tertiary/aromatic N) is 2. The van der Waals surface area contributed by atoms with Crippen molar-refractivity contribution in [3.05, 3.63) is 58.7 Å². The van der Waals surface area contributed by atoms with Gasteiger partial charge in [0.25, 0.3) is 5.91 Å². The summed E-state index contributed by atoms with van der Waals surface area (Å²) in [6.07, 6.45) is 4.04. The summed E-state index contributed by atoms with van der Waals surface area (Å²) in [6.45, 7) is 1.40. The van der Waals surface area contributed by atoms with Crippen molar-refractivity contribution in [1.82, 2.24) is 9.88 Å². The van der Waals surface area contributed by atoms with Gasteiger partial charge in [-0.05, 0) is 49.2 Å². The van der Waals surface area contributed by atoms with E-state index in [1.807, 2.05) is 4.90 Å². The topological polar surface area (TPSA) is 62.3 Å². The molecule has 1 saturated heterocycles. The van der Waals surface area contributed by atoms with Crippen LogP contribution in [0.1, 0.15) is 33.6 Å². The first kappa shape index (κ1) is 16.5. The second-order valence-electron chi connectivity index (χ2n) is 5.81. The van der Waals surface area contributed by atoms with E-state index >= 15 is 0 Å². The summed E-state index contributed by atoms with van der Waals surface area (Å²) in [5, 5.41) is 3.98. The minimum absolute atomic E-state index is 0.0403. The number of aromatic nitrogens is 1. The third-order valence-electron chi connectivity index (χ3n) is 4.15. The molecule has 1 aliphatic heterocycles. The van der Waals surface area contributed by atoms with Crippen molar-refractivity contribution in [2.45, 2.75) is 18.9 Å². The zero-order valence-corrected chi connectivity index (χ0v) is 13.9. The predicted octanol–water partition coefficient (Wildman–Crippen LogP) is 3.26. The average Bonchev–Trinajstić information content (AvgIpc) is 2.63. The molecule has 6 heteroatoms. The van der Waals surface area contributed by atoms with Crippen LogP contribution in [0.4, 0.5) is 5.82 Å². The van der Waals surface area contributed by atoms with Crippen molar-refractivity contribution in [2.75, 3.05) is 18.4 Å². The van der Waals surface area contributed by atoms with Crippen molar-refractivity contribution >= 4 is 29.6 Å². The van der Waals surface area contributed by atoms with Crippen LogP contribution in [0.25, 0.3) is 0 Å². The molecule has 1 aromatic heterocycles. The van der Waals surface area contributed by atoms with E-state index in [9.17, 15) is 9.59 Å². The number of hydrogen-bond acceptors (Lipinski definition) is 4. The molecule has 5 nitrogen and oxygen atoms in total. The Labute approximate surface area is 145 Å². The van der Waals surface area contributed by atoms with Gasteiger partial charge in [0.1, 0.15) is 5.82 Å². The molecule has 0 aliphatic carbocycles. The Kier molecular flexibility index (Phi) is 5.11. The van der Waals surface area contributed by atoms with Crippen LogP contribution in [0.15, 0.2) is 42.6 Å². The van der Waals surface area contributed by atoms with Crippen LogP contribution in [0.3, 0.4) is 0 Å². The van der Waals surface area contributed by atoms with Gasteiger partial charge in [0, 0.05) is 41.5 Å². The van der Waals surface area contributed by atoms with E-state index in [1.54, 1.807) is 42.6 Å². The number of benzene rings is 1. The van der Waals surface area contributed by atoms with Gasteiger partial charge in [0.05, 0.1) is 0 Å². The number of piperidine rings is 1. The summed E-state index contributed by atoms with van der Waals surface area (Å²) >= 11 is 5.86. The molecule has 2 heterocycles. The van der Waals surface area contributed by atoms with Gasteiger partial charge >= 0.3 is 0 Å². The molecule has 3 rings (SSSR count). The molecule has 1 fully saturated rings. The normalized spacial score (nSPS) is 15.1. The van der Waals surface area contributed by atoms with Crippen LogP contribution >= 0.6 is 11.6 Å². The Morgan fingerprint density at radius 2 is 1.88 bits per heavy atom. The molecule has 124 valence electrons. The van der Waals surface area contributed by atoms with Gasteiger partial charge in [-0.2, -0.15) is 0 Å². The lowest BCUT2D eigenvalue weighted by Crippen LogP contribution is -2.42. The number of aldehydes is 1. The monoisotopic (exact) mass is 343 g/mol. The van der Waals surface area contributed by atoms with Crippen molar-refractivity contribution in [1.29, 1.82) is 0 Å². The highest BCUT2D eigenvalue weighted by Crippen LogP contribution is 2.18. The molecular formula is C18H18ClN3O2. The van der Waals surface area contributed by atoms with Gasteiger partial charge in [-0.1, -0.05) is 11.6 Å². The minimum atomic E-state index is 0.0403. The fourth-order valence-corrected chi connectivity index (χ4v) is 2.90. The van der Waals surface area contributed by atoms with E-state index in [-0.39, 0.29) is 11.9 Å². The van der Waals surface area contributed by atoms with E-state index in [4.69, 9.17) is 11.6 Å². The van der Waals surface area contributed by atoms with Gasteiger partial charge in [-0.25, -0.2) is 4.98 Å². The van der Waals surface area contributed by atoms with Crippen LogP contribution in [0.2, 0.25) is 5.02 Å². The Bertz CT molecular complexity index is 708. The van der Waals surface area contributed by atoms with Crippen LogP contribution in [-0.2, 0) is 0 Å². The van der Waals surface area contributed by atoms with E-state index in [2.05, 4.69) is 10.3 Å². The lowest BCUT2D eigenvalue weighted by Gasteiger charge is -2.32. The number of amides is 1. The van der Waals surface area contributed by atoms with Gasteiger partial charge < -0.3 is 10.2 Å². The lowest BCUT2D eigenvalue weighted by atomic mass is 10.0. The zero-order chi connectivity index (χ0) is 16.9. The smallest absolute Gasteiger partial charge is 0.253 e. The second kappa shape index (κ2) is 7.45. The number of halogens is 1. The van der Waals surface area contributed by atoms with E-state index in [1.165, 1.54) is 0 Å². The van der Waals surface area contributed by atoms with Crippen LogP contribution < -0.4 is 5.32 Å². The first-order chi connectivity index (χ1) is 11.7. The molecule has 0 radical (unpaired) electrons. The number of carbonyl (C=O) groups excluding carboxylic acids is 2. The van der Waals surface area contributed by atoms with Crippen molar-refractivity contribution < 1.29 is 9.59 Å². The molecule has 2 aromatic rings. The predicted molar refractivity (Wildman–Crippen MR) is 93.6 cm³/mol. The Hall–Kier alpha value is -2.40. The Balaban J connectivity index is 1.54. The summed E-state index contributed by atoms with van der Waals surface area (Å²) in [5.41, 5.74) is 1.22. The summed E-state index contributed by atoms with van der Waals surface area (Å²) < 4.78 is 0. The van der Waals surface area contributed by atoms with Crippen LogP contribution in [0, 0.1) is 0 Å². The van der Waals surface area contributed by atoms with Crippen molar-refractivity contribution in [3.8, 4) is 0 Å². The van der Waals surface area contributed by atoms with E-state index < -0.39 is 0 Å². The molecule has 1 aromatic carbocycles. The molecule has 1 amide bonds. The maximum atomic E-state index is 12.5. The highest BCUT2D eigenvalue weighted by molar-refractivity contribution is 6.30. The molecule has 0 atom stereocenters. The quantitative estimate of drug-likeness (QED) is 0.865. The molecule has 1 aliphatic rings. The third kappa shape index (κ3) is 3.92. The number of anilines is 1. The Morgan fingerprint density at radius 3 is 2.46 bits per heavy atom. The molecule has 24 heavy (non-hydrogen) atoms. The number of likely N-dealkylation sites (tertiary alicyclic amines) is 1. The summed E-state index contributed by atoms with van der Waals surface area (Å²) in [6, 6.07) is 10.8. The standard InChI is InChI=1S/C18H18ClN3O2/c19-15-4-2-14(3-5-15)18(24)22-9-7-16(8-10-22)21-17-6-1-13(12-23)11-20-17/h1-6,11-12,16H,7-10H2,(H,20,21). The molecule has 0 spiro atoms. The number of carbonyl (C=O) groups is 2. The highest BCUT2D eigenvalue weighted by Gasteiger charge is 2.23. The molecule has 0 unspecified atom stereocenters. The Morgan fingerprint density at radius 1 is 1.17 bits per heavy atom. The third-order valence-corrected chi connectivity index (χ3v) is 4.40. The molecule has 0 bridgehead atoms. The number of rotatable bonds is 4. The second-order valence-corrected chi connectivity index (χ2v) is 6.25. The maximum Gasteiger partial charge on any atom is 0.253 e. The van der Waals surface area contributed by atoms with Crippen molar-refractivity contribution in [3.63, 3.8) is 0 Å². The van der Waals surface area contributed by atoms with E-state index in [0.717, 1.165) is 24.9 Å². The molecular weight excluding hydrogens is 326 g/mol. The number of nitrogens with one attached hydrogen (secondary N) is 1. The van der Waals surface area contributed by atoms with Crippen molar-refractivity contribution in [2.24, 2.45) is 0 Å². The van der Waals surface area contributed by atoms with Gasteiger partial charge in [0.15, 0.2) is 6.29 Å². The zero-order valence-electron chi connectivity index (χ0n) is 13.1. The minimum Gasteiger partial charge on any atom is -0.367 e. The molecule has 0 saturated carbocycles. The van der Waals surface area contributed by atoms with Crippen LogP contribution in [-0.4, -0.2) is 41.2 Å². The first-order valence-corrected chi connectivity index (χ1v) is 8.26. The van der Waals surface area contributed by atoms with Gasteiger partial charge in [-0.3, -0.25) is 9.59 Å². The fourth-order valence-electron chi connectivity index (χ4n) is 2.77. The fraction of sp³-hybridized carbons (Fsp3) is 0.278. The average molecular weight is 344 g/mol. The van der Waals surface area contributed by atoms with Gasteiger partial charge in [0.2, 0.25) is 0 Å². The largest absolute Gasteiger partial charge is 0.367 e. The van der Waals surface area contributed by atoms with Crippen LogP contribution in [0.5, 0.6) is 0 Å². The SMILES string of the molecule is O=Cc1ccc(NC2CCN(C(=O)c3ccc(Cl)cc3)CC2)nc1. The maximum absolute atomic E-state index is 12.5. The number of hydrogen-bond donors (Lipinski definition) is 1. The number of pyridine rings is 1. The lowest BCUT2D eigenvalue weighted by molar-refractivity contribution is 0.0718. The first-order valence-electron chi connectivity index (χ1n) is 7.88. The highest BCUT2D eigenvalue weighted by atomic mass is 35.5. The summed E-state index contributed by atoms with van der Waals surface area (Å²) in [4.78, 5) is 29.2. The molecule has 1 N–H and O–H groups in total. The summed E-state index contributed by atoms with van der Waals surface area (Å²) in [7, 11) is 0.